The molecule has 1 amide bonds. The molecule has 0 bridgehead atoms. The first-order chi connectivity index (χ1) is 10.6. The maximum absolute atomic E-state index is 11.8. The highest BCUT2D eigenvalue weighted by Gasteiger charge is 2.17. The van der Waals surface area contributed by atoms with Crippen molar-refractivity contribution in [2.24, 2.45) is 0 Å². The average molecular weight is 389 g/mol. The van der Waals surface area contributed by atoms with Gasteiger partial charge in [-0.2, -0.15) is 11.8 Å². The smallest absolute Gasteiger partial charge is 0.221 e. The van der Waals surface area contributed by atoms with E-state index in [4.69, 9.17) is 4.74 Å². The van der Waals surface area contributed by atoms with Gasteiger partial charge in [0.25, 0.3) is 0 Å². The summed E-state index contributed by atoms with van der Waals surface area (Å²) in [5.74, 6) is 2.70. The molecule has 1 aromatic rings. The van der Waals surface area contributed by atoms with Gasteiger partial charge in [0.15, 0.2) is 0 Å². The minimum atomic E-state index is -0.732. The fourth-order valence-corrected chi connectivity index (χ4v) is 3.43. The van der Waals surface area contributed by atoms with E-state index in [9.17, 15) is 9.90 Å². The van der Waals surface area contributed by atoms with Crippen LogP contribution in [0, 0.1) is 0 Å². The SMILES string of the molecule is O=C(CC1CSCCN1)NCC(O)COc1ccccc1Br. The summed E-state index contributed by atoms with van der Waals surface area (Å²) in [4.78, 5) is 11.8. The van der Waals surface area contributed by atoms with Gasteiger partial charge in [-0.1, -0.05) is 12.1 Å². The number of hydrogen-bond acceptors (Lipinski definition) is 5. The molecule has 0 aliphatic carbocycles. The van der Waals surface area contributed by atoms with E-state index in [1.54, 1.807) is 0 Å². The summed E-state index contributed by atoms with van der Waals surface area (Å²) in [5, 5.41) is 15.9. The Morgan fingerprint density at radius 2 is 2.36 bits per heavy atom. The third-order valence-electron chi connectivity index (χ3n) is 3.23. The lowest BCUT2D eigenvalue weighted by Gasteiger charge is -2.22. The molecule has 1 fully saturated rings. The minimum Gasteiger partial charge on any atom is -0.490 e. The Bertz CT molecular complexity index is 484. The molecule has 22 heavy (non-hydrogen) atoms. The van der Waals surface area contributed by atoms with E-state index in [1.165, 1.54) is 0 Å². The number of para-hydroxylation sites is 1. The molecule has 1 heterocycles. The molecule has 5 nitrogen and oxygen atoms in total. The van der Waals surface area contributed by atoms with Gasteiger partial charge in [-0.05, 0) is 28.1 Å². The lowest BCUT2D eigenvalue weighted by Crippen LogP contribution is -2.43. The van der Waals surface area contributed by atoms with Crippen LogP contribution in [0.5, 0.6) is 5.75 Å². The van der Waals surface area contributed by atoms with Crippen LogP contribution in [0.3, 0.4) is 0 Å². The van der Waals surface area contributed by atoms with Crippen molar-refractivity contribution < 1.29 is 14.6 Å². The first kappa shape index (κ1) is 17.6. The molecule has 2 atom stereocenters. The Balaban J connectivity index is 1.63. The maximum atomic E-state index is 11.8. The lowest BCUT2D eigenvalue weighted by molar-refractivity contribution is -0.122. The number of hydrogen-bond donors (Lipinski definition) is 3. The van der Waals surface area contributed by atoms with Gasteiger partial charge in [0.2, 0.25) is 5.91 Å². The van der Waals surface area contributed by atoms with Crippen LogP contribution in [0.2, 0.25) is 0 Å². The van der Waals surface area contributed by atoms with Gasteiger partial charge in [0.05, 0.1) is 4.47 Å². The molecule has 1 aromatic carbocycles. The monoisotopic (exact) mass is 388 g/mol. The van der Waals surface area contributed by atoms with Crippen LogP contribution < -0.4 is 15.4 Å². The highest BCUT2D eigenvalue weighted by Crippen LogP contribution is 2.23. The Hall–Kier alpha value is -0.760. The Kier molecular flexibility index (Phi) is 7.51. The molecule has 1 aliphatic rings. The molecule has 1 aliphatic heterocycles. The van der Waals surface area contributed by atoms with Gasteiger partial charge in [0.1, 0.15) is 18.5 Å². The van der Waals surface area contributed by atoms with Crippen molar-refractivity contribution in [2.75, 3.05) is 31.2 Å². The zero-order valence-corrected chi connectivity index (χ0v) is 14.7. The lowest BCUT2D eigenvalue weighted by atomic mass is 10.2. The first-order valence-corrected chi connectivity index (χ1v) is 9.23. The van der Waals surface area contributed by atoms with E-state index in [1.807, 2.05) is 36.0 Å². The number of thioether (sulfide) groups is 1. The molecule has 122 valence electrons. The number of halogens is 1. The van der Waals surface area contributed by atoms with Crippen LogP contribution in [-0.2, 0) is 4.79 Å². The molecular weight excluding hydrogens is 368 g/mol. The van der Waals surface area contributed by atoms with E-state index in [0.29, 0.717) is 12.2 Å². The van der Waals surface area contributed by atoms with Gasteiger partial charge in [-0.3, -0.25) is 4.79 Å². The molecule has 2 rings (SSSR count). The van der Waals surface area contributed by atoms with Crippen molar-refractivity contribution in [3.8, 4) is 5.75 Å². The predicted octanol–water partition coefficient (Wildman–Crippen LogP) is 1.40. The first-order valence-electron chi connectivity index (χ1n) is 7.28. The van der Waals surface area contributed by atoms with Crippen molar-refractivity contribution in [2.45, 2.75) is 18.6 Å². The standard InChI is InChI=1S/C15H21BrN2O3S/c16-13-3-1-2-4-14(13)21-9-12(19)8-18-15(20)7-11-10-22-6-5-17-11/h1-4,11-12,17,19H,5-10H2,(H,18,20). The number of ether oxygens (including phenoxy) is 1. The van der Waals surface area contributed by atoms with Gasteiger partial charge in [0, 0.05) is 37.1 Å². The summed E-state index contributed by atoms with van der Waals surface area (Å²) < 4.78 is 6.36. The van der Waals surface area contributed by atoms with Crippen molar-refractivity contribution in [3.63, 3.8) is 0 Å². The van der Waals surface area contributed by atoms with E-state index in [-0.39, 0.29) is 25.1 Å². The number of carbonyl (C=O) groups excluding carboxylic acids is 1. The van der Waals surface area contributed by atoms with Crippen LogP contribution in [-0.4, -0.2) is 54.4 Å². The number of carbonyl (C=O) groups is 1. The molecule has 0 saturated carbocycles. The molecule has 0 aromatic heterocycles. The second-order valence-corrected chi connectivity index (χ2v) is 7.13. The second kappa shape index (κ2) is 9.39. The summed E-state index contributed by atoms with van der Waals surface area (Å²) in [6.45, 7) is 1.29. The van der Waals surface area contributed by atoms with Crippen LogP contribution >= 0.6 is 27.7 Å². The predicted molar refractivity (Wildman–Crippen MR) is 92.4 cm³/mol. The normalized spacial score (nSPS) is 19.5. The molecule has 3 N–H and O–H groups in total. The van der Waals surface area contributed by atoms with E-state index in [0.717, 1.165) is 22.5 Å². The van der Waals surface area contributed by atoms with Crippen molar-refractivity contribution >= 4 is 33.6 Å². The van der Waals surface area contributed by atoms with Crippen molar-refractivity contribution in [1.82, 2.24) is 10.6 Å². The highest BCUT2D eigenvalue weighted by atomic mass is 79.9. The molecule has 1 saturated heterocycles. The zero-order valence-electron chi connectivity index (χ0n) is 12.3. The van der Waals surface area contributed by atoms with Gasteiger partial charge < -0.3 is 20.5 Å². The Morgan fingerprint density at radius 3 is 3.09 bits per heavy atom. The van der Waals surface area contributed by atoms with Crippen molar-refractivity contribution in [1.29, 1.82) is 0 Å². The third kappa shape index (κ3) is 6.16. The number of benzene rings is 1. The summed E-state index contributed by atoms with van der Waals surface area (Å²) in [7, 11) is 0. The maximum Gasteiger partial charge on any atom is 0.221 e. The van der Waals surface area contributed by atoms with Gasteiger partial charge in [-0.25, -0.2) is 0 Å². The van der Waals surface area contributed by atoms with Crippen LogP contribution in [0.15, 0.2) is 28.7 Å². The molecule has 0 spiro atoms. The largest absolute Gasteiger partial charge is 0.490 e. The molecule has 7 heteroatoms. The molecule has 0 radical (unpaired) electrons. The number of rotatable bonds is 7. The fourth-order valence-electron chi connectivity index (χ4n) is 2.09. The molecular formula is C15H21BrN2O3S. The van der Waals surface area contributed by atoms with Crippen LogP contribution in [0.25, 0.3) is 0 Å². The summed E-state index contributed by atoms with van der Waals surface area (Å²) in [6, 6.07) is 7.68. The topological polar surface area (TPSA) is 70.6 Å². The van der Waals surface area contributed by atoms with E-state index < -0.39 is 6.10 Å². The van der Waals surface area contributed by atoms with Crippen LogP contribution in [0.1, 0.15) is 6.42 Å². The zero-order chi connectivity index (χ0) is 15.8. The average Bonchev–Trinajstić information content (AvgIpc) is 2.53. The number of aliphatic hydroxyl groups excluding tert-OH is 1. The quantitative estimate of drug-likeness (QED) is 0.658. The van der Waals surface area contributed by atoms with E-state index >= 15 is 0 Å². The van der Waals surface area contributed by atoms with Gasteiger partial charge in [-0.15, -0.1) is 0 Å². The van der Waals surface area contributed by atoms with Gasteiger partial charge >= 0.3 is 0 Å². The van der Waals surface area contributed by atoms with Crippen molar-refractivity contribution in [3.05, 3.63) is 28.7 Å². The van der Waals surface area contributed by atoms with Crippen LogP contribution in [0.4, 0.5) is 0 Å². The highest BCUT2D eigenvalue weighted by molar-refractivity contribution is 9.10. The summed E-state index contributed by atoms with van der Waals surface area (Å²) >= 11 is 5.24. The second-order valence-electron chi connectivity index (χ2n) is 5.13. The number of aliphatic hydroxyl groups is 1. The Labute approximate surface area is 143 Å². The Morgan fingerprint density at radius 1 is 1.55 bits per heavy atom. The molecule has 2 unspecified atom stereocenters. The number of nitrogens with one attached hydrogen (secondary N) is 2. The number of amides is 1. The third-order valence-corrected chi connectivity index (χ3v) is 5.02. The fraction of sp³-hybridized carbons (Fsp3) is 0.533. The summed E-state index contributed by atoms with van der Waals surface area (Å²) in [5.41, 5.74) is 0. The minimum absolute atomic E-state index is 0.0417. The summed E-state index contributed by atoms with van der Waals surface area (Å²) in [6.07, 6.45) is -0.282. The van der Waals surface area contributed by atoms with E-state index in [2.05, 4.69) is 26.6 Å².